The lowest BCUT2D eigenvalue weighted by atomic mass is 10.2. The van der Waals surface area contributed by atoms with Crippen molar-refractivity contribution >= 4 is 0 Å². The topological polar surface area (TPSA) is 9.23 Å². The molecule has 1 aromatic rings. The van der Waals surface area contributed by atoms with Crippen molar-refractivity contribution in [1.29, 1.82) is 0 Å². The highest BCUT2D eigenvalue weighted by atomic mass is 16.5. The fourth-order valence-electron chi connectivity index (χ4n) is 1.15. The molecule has 0 aliphatic carbocycles. The van der Waals surface area contributed by atoms with Crippen molar-refractivity contribution in [2.45, 2.75) is 19.4 Å². The minimum absolute atomic E-state index is 0.707. The van der Waals surface area contributed by atoms with E-state index in [0.717, 1.165) is 19.4 Å². The van der Waals surface area contributed by atoms with Crippen LogP contribution in [0, 0.1) is 0 Å². The van der Waals surface area contributed by atoms with Gasteiger partial charge in [0.15, 0.2) is 0 Å². The molecule has 1 nitrogen and oxygen atoms in total. The van der Waals surface area contributed by atoms with Gasteiger partial charge in [0.05, 0.1) is 6.61 Å². The lowest BCUT2D eigenvalue weighted by Crippen LogP contribution is -1.94. The van der Waals surface area contributed by atoms with Crippen molar-refractivity contribution in [2.75, 3.05) is 6.61 Å². The summed E-state index contributed by atoms with van der Waals surface area (Å²) in [7, 11) is 0. The van der Waals surface area contributed by atoms with Crippen molar-refractivity contribution in [1.82, 2.24) is 0 Å². The molecule has 0 N–H and O–H groups in total. The summed E-state index contributed by atoms with van der Waals surface area (Å²) in [5.74, 6) is 0. The Labute approximate surface area is 85.7 Å². The molecule has 0 aliphatic heterocycles. The second kappa shape index (κ2) is 7.14. The number of benzene rings is 1. The van der Waals surface area contributed by atoms with Gasteiger partial charge in [-0.15, -0.1) is 5.73 Å². The summed E-state index contributed by atoms with van der Waals surface area (Å²) >= 11 is 0. The molecule has 1 aromatic carbocycles. The molecular formula is C13H16O. The Hall–Kier alpha value is -1.30. The smallest absolute Gasteiger partial charge is 0.0716 e. The van der Waals surface area contributed by atoms with E-state index in [0.29, 0.717) is 6.61 Å². The molecule has 0 bridgehead atoms. The van der Waals surface area contributed by atoms with E-state index in [1.807, 2.05) is 24.3 Å². The van der Waals surface area contributed by atoms with Crippen molar-refractivity contribution in [3.05, 3.63) is 54.3 Å². The van der Waals surface area contributed by atoms with E-state index in [9.17, 15) is 0 Å². The minimum atomic E-state index is 0.707. The normalized spacial score (nSPS) is 9.43. The maximum atomic E-state index is 5.50. The largest absolute Gasteiger partial charge is 0.377 e. The van der Waals surface area contributed by atoms with E-state index < -0.39 is 0 Å². The maximum Gasteiger partial charge on any atom is 0.0716 e. The zero-order valence-corrected chi connectivity index (χ0v) is 8.41. The van der Waals surface area contributed by atoms with Crippen LogP contribution in [0.5, 0.6) is 0 Å². The number of allylic oxidation sites excluding steroid dienone is 1. The summed E-state index contributed by atoms with van der Waals surface area (Å²) in [6, 6.07) is 10.2. The number of hydrogen-bond donors (Lipinski definition) is 0. The van der Waals surface area contributed by atoms with Crippen molar-refractivity contribution in [2.24, 2.45) is 0 Å². The van der Waals surface area contributed by atoms with E-state index in [4.69, 9.17) is 4.74 Å². The predicted molar refractivity (Wildman–Crippen MR) is 59.0 cm³/mol. The third-order valence-electron chi connectivity index (χ3n) is 1.89. The molecule has 0 aromatic heterocycles. The van der Waals surface area contributed by atoms with Gasteiger partial charge in [-0.2, -0.15) is 0 Å². The van der Waals surface area contributed by atoms with Gasteiger partial charge < -0.3 is 4.74 Å². The van der Waals surface area contributed by atoms with Gasteiger partial charge in [0.25, 0.3) is 0 Å². The second-order valence-electron chi connectivity index (χ2n) is 3.09. The molecule has 14 heavy (non-hydrogen) atoms. The zero-order valence-electron chi connectivity index (χ0n) is 8.41. The molecule has 0 heterocycles. The fraction of sp³-hybridized carbons (Fsp3) is 0.308. The summed E-state index contributed by atoms with van der Waals surface area (Å²) in [4.78, 5) is 0. The Morgan fingerprint density at radius 2 is 2.07 bits per heavy atom. The quantitative estimate of drug-likeness (QED) is 0.491. The van der Waals surface area contributed by atoms with E-state index >= 15 is 0 Å². The molecule has 0 saturated carbocycles. The SMILES string of the molecule is C=C=CCCCOCc1ccccc1. The van der Waals surface area contributed by atoms with Crippen LogP contribution in [0.2, 0.25) is 0 Å². The van der Waals surface area contributed by atoms with E-state index in [1.54, 1.807) is 0 Å². The second-order valence-corrected chi connectivity index (χ2v) is 3.09. The Kier molecular flexibility index (Phi) is 5.49. The van der Waals surface area contributed by atoms with Crippen LogP contribution in [0.3, 0.4) is 0 Å². The predicted octanol–water partition coefficient (Wildman–Crippen LogP) is 3.32. The molecule has 0 saturated heterocycles. The molecular weight excluding hydrogens is 172 g/mol. The van der Waals surface area contributed by atoms with Crippen molar-refractivity contribution in [3.8, 4) is 0 Å². The van der Waals surface area contributed by atoms with Crippen LogP contribution in [0.15, 0.2) is 48.7 Å². The van der Waals surface area contributed by atoms with Gasteiger partial charge in [0, 0.05) is 6.61 Å². The molecule has 0 amide bonds. The highest BCUT2D eigenvalue weighted by Gasteiger charge is 1.90. The summed E-state index contributed by atoms with van der Waals surface area (Å²) in [6.07, 6.45) is 3.97. The van der Waals surface area contributed by atoms with Crippen LogP contribution in [-0.2, 0) is 11.3 Å². The molecule has 1 rings (SSSR count). The summed E-state index contributed by atoms with van der Waals surface area (Å²) in [5.41, 5.74) is 3.97. The van der Waals surface area contributed by atoms with Gasteiger partial charge in [-0.05, 0) is 24.5 Å². The van der Waals surface area contributed by atoms with E-state index in [-0.39, 0.29) is 0 Å². The van der Waals surface area contributed by atoms with E-state index in [1.165, 1.54) is 5.56 Å². The average molecular weight is 188 g/mol. The van der Waals surface area contributed by atoms with Crippen molar-refractivity contribution < 1.29 is 4.74 Å². The fourth-order valence-corrected chi connectivity index (χ4v) is 1.15. The van der Waals surface area contributed by atoms with Gasteiger partial charge in [0.1, 0.15) is 0 Å². The molecule has 74 valence electrons. The number of hydrogen-bond acceptors (Lipinski definition) is 1. The monoisotopic (exact) mass is 188 g/mol. The summed E-state index contributed by atoms with van der Waals surface area (Å²) in [6.45, 7) is 5.01. The Morgan fingerprint density at radius 3 is 2.79 bits per heavy atom. The first kappa shape index (κ1) is 10.8. The average Bonchev–Trinajstić information content (AvgIpc) is 2.25. The third-order valence-corrected chi connectivity index (χ3v) is 1.89. The molecule has 0 unspecified atom stereocenters. The lowest BCUT2D eigenvalue weighted by Gasteiger charge is -2.02. The van der Waals surface area contributed by atoms with Crippen LogP contribution in [0.4, 0.5) is 0 Å². The number of unbranched alkanes of at least 4 members (excludes halogenated alkanes) is 1. The van der Waals surface area contributed by atoms with Gasteiger partial charge in [-0.25, -0.2) is 0 Å². The van der Waals surface area contributed by atoms with Gasteiger partial charge in [0.2, 0.25) is 0 Å². The van der Waals surface area contributed by atoms with Crippen LogP contribution in [0.1, 0.15) is 18.4 Å². The van der Waals surface area contributed by atoms with Crippen molar-refractivity contribution in [3.63, 3.8) is 0 Å². The molecule has 1 heteroatoms. The third kappa shape index (κ3) is 4.66. The zero-order chi connectivity index (χ0) is 10.1. The first-order valence-corrected chi connectivity index (χ1v) is 4.89. The first-order chi connectivity index (χ1) is 6.93. The number of ether oxygens (including phenoxy) is 1. The first-order valence-electron chi connectivity index (χ1n) is 4.89. The number of rotatable bonds is 6. The Balaban J connectivity index is 2.07. The van der Waals surface area contributed by atoms with Gasteiger partial charge in [-0.3, -0.25) is 0 Å². The summed E-state index contributed by atoms with van der Waals surface area (Å²) < 4.78 is 5.50. The molecule has 0 atom stereocenters. The van der Waals surface area contributed by atoms with Gasteiger partial charge >= 0.3 is 0 Å². The highest BCUT2D eigenvalue weighted by Crippen LogP contribution is 2.01. The maximum absolute atomic E-state index is 5.50. The van der Waals surface area contributed by atoms with Gasteiger partial charge in [-0.1, -0.05) is 36.9 Å². The van der Waals surface area contributed by atoms with Crippen LogP contribution in [-0.4, -0.2) is 6.61 Å². The van der Waals surface area contributed by atoms with Crippen LogP contribution < -0.4 is 0 Å². The standard InChI is InChI=1S/C13H16O/c1-2-3-4-8-11-14-12-13-9-6-5-7-10-13/h3,5-7,9-10H,1,4,8,11-12H2. The molecule has 0 radical (unpaired) electrons. The van der Waals surface area contributed by atoms with E-state index in [2.05, 4.69) is 24.4 Å². The molecule has 0 aliphatic rings. The highest BCUT2D eigenvalue weighted by molar-refractivity contribution is 5.13. The molecule has 0 spiro atoms. The lowest BCUT2D eigenvalue weighted by molar-refractivity contribution is 0.119. The van der Waals surface area contributed by atoms with Crippen LogP contribution in [0.25, 0.3) is 0 Å². The minimum Gasteiger partial charge on any atom is -0.377 e. The molecule has 0 fully saturated rings. The summed E-state index contributed by atoms with van der Waals surface area (Å²) in [5, 5.41) is 0. The van der Waals surface area contributed by atoms with Crippen LogP contribution >= 0.6 is 0 Å². The Bertz CT molecular complexity index is 283. The Morgan fingerprint density at radius 1 is 1.29 bits per heavy atom.